The number of hydrogen-bond donors (Lipinski definition) is 1. The minimum absolute atomic E-state index is 0.395. The van der Waals surface area contributed by atoms with Crippen molar-refractivity contribution in [1.29, 1.82) is 0 Å². The van der Waals surface area contributed by atoms with Crippen molar-refractivity contribution in [2.45, 2.75) is 19.1 Å². The average molecular weight is 316 g/mol. The third-order valence-corrected chi connectivity index (χ3v) is 4.14. The highest BCUT2D eigenvalue weighted by Gasteiger charge is 2.35. The first-order valence-electron chi connectivity index (χ1n) is 6.21. The van der Waals surface area contributed by atoms with Gasteiger partial charge in [0.1, 0.15) is 5.75 Å². The van der Waals surface area contributed by atoms with Crippen LogP contribution < -0.4 is 10.1 Å². The Morgan fingerprint density at radius 3 is 2.57 bits per heavy atom. The maximum absolute atomic E-state index is 12.7. The number of rotatable bonds is 4. The minimum atomic E-state index is -4.42. The molecule has 0 bridgehead atoms. The summed E-state index contributed by atoms with van der Waals surface area (Å²) in [5.74, 6) is 0.627. The number of alkyl halides is 3. The molecule has 1 heterocycles. The summed E-state index contributed by atoms with van der Waals surface area (Å²) in [4.78, 5) is 3.97. The molecule has 0 aliphatic rings. The fraction of sp³-hybridized carbons (Fsp3) is 0.357. The van der Waals surface area contributed by atoms with Gasteiger partial charge >= 0.3 is 6.18 Å². The zero-order valence-electron chi connectivity index (χ0n) is 11.8. The van der Waals surface area contributed by atoms with Crippen LogP contribution in [-0.2, 0) is 6.18 Å². The molecule has 2 rings (SSSR count). The molecule has 1 aromatic heterocycles. The zero-order chi connectivity index (χ0) is 15.6. The number of nitrogens with zero attached hydrogens (tertiary/aromatic N) is 1. The molecule has 3 nitrogen and oxygen atoms in total. The first-order chi connectivity index (χ1) is 9.86. The highest BCUT2D eigenvalue weighted by Crippen LogP contribution is 2.38. The number of ether oxygens (including phenoxy) is 1. The summed E-state index contributed by atoms with van der Waals surface area (Å²) >= 11 is 0.638. The van der Waals surface area contributed by atoms with E-state index in [1.807, 2.05) is 19.1 Å². The number of methoxy groups -OCH3 is 1. The van der Waals surface area contributed by atoms with Crippen LogP contribution in [0.1, 0.15) is 27.1 Å². The Hall–Kier alpha value is -1.60. The number of halogens is 3. The van der Waals surface area contributed by atoms with Crippen molar-refractivity contribution in [3.63, 3.8) is 0 Å². The minimum Gasteiger partial charge on any atom is -0.496 e. The Kier molecular flexibility index (Phi) is 4.53. The molecule has 0 radical (unpaired) electrons. The predicted molar refractivity (Wildman–Crippen MR) is 75.7 cm³/mol. The topological polar surface area (TPSA) is 34.2 Å². The van der Waals surface area contributed by atoms with Crippen molar-refractivity contribution in [3.05, 3.63) is 45.4 Å². The molecule has 21 heavy (non-hydrogen) atoms. The lowest BCUT2D eigenvalue weighted by molar-refractivity contribution is -0.137. The normalized spacial score (nSPS) is 13.2. The lowest BCUT2D eigenvalue weighted by atomic mass is 10.0. The van der Waals surface area contributed by atoms with Crippen molar-refractivity contribution >= 4 is 11.3 Å². The van der Waals surface area contributed by atoms with Gasteiger partial charge in [-0.1, -0.05) is 17.7 Å². The van der Waals surface area contributed by atoms with E-state index in [0.29, 0.717) is 22.0 Å². The van der Waals surface area contributed by atoms with Crippen molar-refractivity contribution in [2.75, 3.05) is 14.2 Å². The number of aromatic nitrogens is 1. The van der Waals surface area contributed by atoms with Gasteiger partial charge < -0.3 is 10.1 Å². The fourth-order valence-electron chi connectivity index (χ4n) is 2.08. The van der Waals surface area contributed by atoms with E-state index in [2.05, 4.69) is 10.3 Å². The molecule has 0 fully saturated rings. The Bertz CT molecular complexity index is 625. The van der Waals surface area contributed by atoms with Crippen LogP contribution in [0.25, 0.3) is 0 Å². The Morgan fingerprint density at radius 1 is 1.33 bits per heavy atom. The van der Waals surface area contributed by atoms with Gasteiger partial charge in [0.2, 0.25) is 0 Å². The zero-order valence-corrected chi connectivity index (χ0v) is 12.6. The number of aryl methyl sites for hydroxylation is 1. The van der Waals surface area contributed by atoms with Crippen LogP contribution in [0.15, 0.2) is 24.4 Å². The molecule has 1 atom stereocenters. The lowest BCUT2D eigenvalue weighted by Gasteiger charge is -2.18. The molecule has 1 N–H and O–H groups in total. The summed E-state index contributed by atoms with van der Waals surface area (Å²) in [5.41, 5.74) is 1.80. The lowest BCUT2D eigenvalue weighted by Crippen LogP contribution is -2.17. The summed E-state index contributed by atoms with van der Waals surface area (Å²) in [6.45, 7) is 1.92. The van der Waals surface area contributed by atoms with Crippen molar-refractivity contribution in [3.8, 4) is 5.75 Å². The molecular weight excluding hydrogens is 301 g/mol. The molecule has 0 aliphatic heterocycles. The van der Waals surface area contributed by atoms with Crippen LogP contribution >= 0.6 is 11.3 Å². The smallest absolute Gasteiger partial charge is 0.443 e. The predicted octanol–water partition coefficient (Wildman–Crippen LogP) is 3.79. The summed E-state index contributed by atoms with van der Waals surface area (Å²) < 4.78 is 43.4. The van der Waals surface area contributed by atoms with Gasteiger partial charge in [-0.3, -0.25) is 0 Å². The van der Waals surface area contributed by atoms with Gasteiger partial charge in [0.05, 0.1) is 13.2 Å². The fourth-order valence-corrected chi connectivity index (χ4v) is 2.99. The van der Waals surface area contributed by atoms with E-state index in [-0.39, 0.29) is 0 Å². The number of nitrogens with one attached hydrogen (secondary N) is 1. The molecule has 1 aromatic carbocycles. The molecule has 2 aromatic rings. The van der Waals surface area contributed by atoms with Gasteiger partial charge in [0.25, 0.3) is 0 Å². The monoisotopic (exact) mass is 316 g/mol. The molecular formula is C14H15F3N2OS. The van der Waals surface area contributed by atoms with Crippen LogP contribution in [0, 0.1) is 6.92 Å². The Balaban J connectivity index is 2.45. The van der Waals surface area contributed by atoms with E-state index >= 15 is 0 Å². The Morgan fingerprint density at radius 2 is 2.05 bits per heavy atom. The van der Waals surface area contributed by atoms with Crippen molar-refractivity contribution in [2.24, 2.45) is 0 Å². The summed E-state index contributed by atoms with van der Waals surface area (Å²) in [5, 5.41) is 2.18. The van der Waals surface area contributed by atoms with E-state index < -0.39 is 17.2 Å². The maximum Gasteiger partial charge on any atom is 0.443 e. The summed E-state index contributed by atoms with van der Waals surface area (Å²) in [6, 6.07) is 5.20. The van der Waals surface area contributed by atoms with Crippen LogP contribution in [0.2, 0.25) is 0 Å². The molecule has 1 unspecified atom stereocenters. The number of benzene rings is 1. The van der Waals surface area contributed by atoms with E-state index in [1.54, 1.807) is 13.1 Å². The van der Waals surface area contributed by atoms with E-state index in [1.165, 1.54) is 13.3 Å². The van der Waals surface area contributed by atoms with Crippen molar-refractivity contribution in [1.82, 2.24) is 10.3 Å². The first kappa shape index (κ1) is 15.8. The van der Waals surface area contributed by atoms with Crippen LogP contribution in [-0.4, -0.2) is 19.1 Å². The van der Waals surface area contributed by atoms with Gasteiger partial charge in [0, 0.05) is 16.6 Å². The molecule has 0 saturated carbocycles. The molecule has 0 saturated heterocycles. The third-order valence-electron chi connectivity index (χ3n) is 3.04. The van der Waals surface area contributed by atoms with E-state index in [0.717, 1.165) is 11.1 Å². The van der Waals surface area contributed by atoms with Gasteiger partial charge in [-0.2, -0.15) is 13.2 Å². The second-order valence-corrected chi connectivity index (χ2v) is 5.59. The highest BCUT2D eigenvalue weighted by atomic mass is 32.1. The molecule has 114 valence electrons. The van der Waals surface area contributed by atoms with Crippen LogP contribution in [0.5, 0.6) is 5.75 Å². The Labute approximate surface area is 124 Å². The average Bonchev–Trinajstić information content (AvgIpc) is 2.89. The van der Waals surface area contributed by atoms with Gasteiger partial charge in [-0.25, -0.2) is 4.98 Å². The maximum atomic E-state index is 12.7. The SMILES string of the molecule is CNC(c1cnc(C(F)(F)F)s1)c1cc(C)ccc1OC. The number of thiazole rings is 1. The standard InChI is InChI=1S/C14H15F3N2OS/c1-8-4-5-10(20-3)9(6-8)12(18-2)11-7-19-13(21-11)14(15,16)17/h4-7,12,18H,1-3H3. The number of hydrogen-bond acceptors (Lipinski definition) is 4. The van der Waals surface area contributed by atoms with Crippen LogP contribution in [0.3, 0.4) is 0 Å². The molecule has 0 aliphatic carbocycles. The van der Waals surface area contributed by atoms with Gasteiger partial charge in [0.15, 0.2) is 5.01 Å². The largest absolute Gasteiger partial charge is 0.496 e. The quantitative estimate of drug-likeness (QED) is 0.932. The third kappa shape index (κ3) is 3.36. The molecule has 7 heteroatoms. The second-order valence-electron chi connectivity index (χ2n) is 4.53. The highest BCUT2D eigenvalue weighted by molar-refractivity contribution is 7.11. The van der Waals surface area contributed by atoms with Crippen LogP contribution in [0.4, 0.5) is 13.2 Å². The molecule has 0 amide bonds. The van der Waals surface area contributed by atoms with Gasteiger partial charge in [-0.15, -0.1) is 11.3 Å². The second kappa shape index (κ2) is 6.03. The van der Waals surface area contributed by atoms with Gasteiger partial charge in [-0.05, 0) is 20.0 Å². The summed E-state index contributed by atoms with van der Waals surface area (Å²) in [6.07, 6.45) is -3.16. The first-order valence-corrected chi connectivity index (χ1v) is 7.03. The van der Waals surface area contributed by atoms with E-state index in [4.69, 9.17) is 4.74 Å². The van der Waals surface area contributed by atoms with E-state index in [9.17, 15) is 13.2 Å². The molecule has 0 spiro atoms. The summed E-state index contributed by atoms with van der Waals surface area (Å²) in [7, 11) is 3.23. The van der Waals surface area contributed by atoms with Crippen molar-refractivity contribution < 1.29 is 17.9 Å².